The summed E-state index contributed by atoms with van der Waals surface area (Å²) in [6, 6.07) is 9.89. The zero-order chi connectivity index (χ0) is 14.7. The van der Waals surface area contributed by atoms with E-state index in [2.05, 4.69) is 0 Å². The third-order valence-electron chi connectivity index (χ3n) is 2.73. The largest absolute Gasteiger partial charge is 0.454 e. The van der Waals surface area contributed by atoms with E-state index in [1.54, 1.807) is 0 Å². The molecule has 0 saturated carbocycles. The summed E-state index contributed by atoms with van der Waals surface area (Å²) in [5.41, 5.74) is 0.378. The maximum absolute atomic E-state index is 13.7. The van der Waals surface area contributed by atoms with Crippen LogP contribution in [0.5, 0.6) is 11.5 Å². The molecule has 0 spiro atoms. The highest BCUT2D eigenvalue weighted by Crippen LogP contribution is 2.32. The third-order valence-corrected chi connectivity index (χ3v) is 2.73. The second kappa shape index (κ2) is 5.36. The predicted octanol–water partition coefficient (Wildman–Crippen LogP) is 3.71. The first-order valence-corrected chi connectivity index (χ1v) is 5.64. The van der Waals surface area contributed by atoms with Gasteiger partial charge in [0, 0.05) is 6.07 Å². The van der Waals surface area contributed by atoms with Crippen LogP contribution in [0, 0.1) is 34.2 Å². The van der Waals surface area contributed by atoms with E-state index in [1.807, 2.05) is 6.07 Å². The quantitative estimate of drug-likeness (QED) is 0.630. The molecule has 20 heavy (non-hydrogen) atoms. The summed E-state index contributed by atoms with van der Waals surface area (Å²) in [5.74, 6) is -0.592. The molecule has 0 fully saturated rings. The van der Waals surface area contributed by atoms with Crippen molar-refractivity contribution in [3.63, 3.8) is 0 Å². The first kappa shape index (κ1) is 13.5. The van der Waals surface area contributed by atoms with Gasteiger partial charge in [-0.25, -0.2) is 4.39 Å². The Morgan fingerprint density at radius 1 is 1.30 bits per heavy atom. The molecule has 6 heteroatoms. The van der Waals surface area contributed by atoms with E-state index in [0.717, 1.165) is 6.07 Å². The van der Waals surface area contributed by atoms with Gasteiger partial charge in [0.25, 0.3) is 5.69 Å². The summed E-state index contributed by atoms with van der Waals surface area (Å²) < 4.78 is 19.0. The summed E-state index contributed by atoms with van der Waals surface area (Å²) in [6.45, 7) is 1.52. The summed E-state index contributed by atoms with van der Waals surface area (Å²) in [4.78, 5) is 10.3. The van der Waals surface area contributed by atoms with Crippen molar-refractivity contribution in [2.45, 2.75) is 6.92 Å². The molecular formula is C14H9FN2O3. The maximum Gasteiger partial charge on any atom is 0.276 e. The Morgan fingerprint density at radius 3 is 2.65 bits per heavy atom. The van der Waals surface area contributed by atoms with Gasteiger partial charge in [-0.3, -0.25) is 10.1 Å². The van der Waals surface area contributed by atoms with Gasteiger partial charge in [0.05, 0.1) is 22.1 Å². The fourth-order valence-corrected chi connectivity index (χ4v) is 1.68. The molecule has 2 aromatic rings. The van der Waals surface area contributed by atoms with Gasteiger partial charge in [-0.1, -0.05) is 6.07 Å². The van der Waals surface area contributed by atoms with Crippen LogP contribution >= 0.6 is 0 Å². The van der Waals surface area contributed by atoms with Gasteiger partial charge in [-0.15, -0.1) is 0 Å². The second-order valence-corrected chi connectivity index (χ2v) is 4.02. The molecular weight excluding hydrogens is 263 g/mol. The van der Waals surface area contributed by atoms with Gasteiger partial charge < -0.3 is 4.74 Å². The van der Waals surface area contributed by atoms with E-state index in [4.69, 9.17) is 10.00 Å². The minimum Gasteiger partial charge on any atom is -0.454 e. The first-order valence-electron chi connectivity index (χ1n) is 5.64. The van der Waals surface area contributed by atoms with Crippen LogP contribution in [0.4, 0.5) is 10.1 Å². The van der Waals surface area contributed by atoms with Gasteiger partial charge in [0.15, 0.2) is 11.6 Å². The lowest BCUT2D eigenvalue weighted by Crippen LogP contribution is -1.96. The van der Waals surface area contributed by atoms with Crippen molar-refractivity contribution in [2.24, 2.45) is 0 Å². The molecule has 0 amide bonds. The number of nitrogens with zero attached hydrogens (tertiary/aromatic N) is 2. The van der Waals surface area contributed by atoms with E-state index < -0.39 is 10.7 Å². The average Bonchev–Trinajstić information content (AvgIpc) is 2.42. The minimum atomic E-state index is -0.699. The zero-order valence-corrected chi connectivity index (χ0v) is 10.5. The van der Waals surface area contributed by atoms with E-state index in [0.29, 0.717) is 5.56 Å². The van der Waals surface area contributed by atoms with Crippen molar-refractivity contribution in [2.75, 3.05) is 0 Å². The third kappa shape index (κ3) is 2.57. The van der Waals surface area contributed by atoms with Crippen LogP contribution < -0.4 is 4.74 Å². The van der Waals surface area contributed by atoms with Gasteiger partial charge in [-0.2, -0.15) is 5.26 Å². The molecule has 0 radical (unpaired) electrons. The highest BCUT2D eigenvalue weighted by Gasteiger charge is 2.15. The minimum absolute atomic E-state index is 0.0902. The Labute approximate surface area is 114 Å². The van der Waals surface area contributed by atoms with Crippen molar-refractivity contribution < 1.29 is 14.1 Å². The zero-order valence-electron chi connectivity index (χ0n) is 10.5. The number of benzene rings is 2. The van der Waals surface area contributed by atoms with Gasteiger partial charge in [-0.05, 0) is 31.2 Å². The lowest BCUT2D eigenvalue weighted by Gasteiger charge is -2.09. The standard InChI is InChI=1S/C14H9FN2O3/c1-9-12(17(18)19)3-2-4-13(9)20-14-6-5-10(8-16)7-11(14)15/h2-7H,1H3. The molecule has 2 aromatic carbocycles. The highest BCUT2D eigenvalue weighted by atomic mass is 19.1. The fourth-order valence-electron chi connectivity index (χ4n) is 1.68. The van der Waals surface area contributed by atoms with Crippen LogP contribution in [-0.4, -0.2) is 4.92 Å². The van der Waals surface area contributed by atoms with Crippen molar-refractivity contribution in [3.05, 3.63) is 63.5 Å². The van der Waals surface area contributed by atoms with Crippen LogP contribution in [0.2, 0.25) is 0 Å². The molecule has 0 unspecified atom stereocenters. The lowest BCUT2D eigenvalue weighted by molar-refractivity contribution is -0.385. The van der Waals surface area contributed by atoms with Crippen LogP contribution in [0.25, 0.3) is 0 Å². The van der Waals surface area contributed by atoms with Crippen molar-refractivity contribution in [3.8, 4) is 17.6 Å². The molecule has 0 heterocycles. The topological polar surface area (TPSA) is 76.2 Å². The molecule has 2 rings (SSSR count). The molecule has 0 saturated heterocycles. The molecule has 0 aliphatic rings. The molecule has 5 nitrogen and oxygen atoms in total. The number of halogens is 1. The highest BCUT2D eigenvalue weighted by molar-refractivity contribution is 5.50. The Morgan fingerprint density at radius 2 is 2.05 bits per heavy atom. The maximum atomic E-state index is 13.7. The summed E-state index contributed by atoms with van der Waals surface area (Å²) in [6.07, 6.45) is 0. The summed E-state index contributed by atoms with van der Waals surface area (Å²) in [5, 5.41) is 19.5. The number of nitro benzene ring substituents is 1. The van der Waals surface area contributed by atoms with Gasteiger partial charge >= 0.3 is 0 Å². The SMILES string of the molecule is Cc1c(Oc2ccc(C#N)cc2F)cccc1[N+](=O)[O-]. The summed E-state index contributed by atoms with van der Waals surface area (Å²) in [7, 11) is 0. The number of nitriles is 1. The fraction of sp³-hybridized carbons (Fsp3) is 0.0714. The van der Waals surface area contributed by atoms with Crippen molar-refractivity contribution in [1.82, 2.24) is 0 Å². The molecule has 0 aromatic heterocycles. The predicted molar refractivity (Wildman–Crippen MR) is 69.0 cm³/mol. The molecule has 0 aliphatic carbocycles. The van der Waals surface area contributed by atoms with Gasteiger partial charge in [0.1, 0.15) is 5.75 Å². The summed E-state index contributed by atoms with van der Waals surface area (Å²) >= 11 is 0. The number of rotatable bonds is 3. The van der Waals surface area contributed by atoms with E-state index >= 15 is 0 Å². The lowest BCUT2D eigenvalue weighted by atomic mass is 10.2. The molecule has 0 atom stereocenters. The number of hydrogen-bond donors (Lipinski definition) is 0. The number of ether oxygens (including phenoxy) is 1. The normalized spacial score (nSPS) is 9.85. The van der Waals surface area contributed by atoms with Crippen molar-refractivity contribution >= 4 is 5.69 Å². The Kier molecular flexibility index (Phi) is 3.62. The van der Waals surface area contributed by atoms with Gasteiger partial charge in [0.2, 0.25) is 0 Å². The second-order valence-electron chi connectivity index (χ2n) is 4.02. The Bertz CT molecular complexity index is 723. The monoisotopic (exact) mass is 272 g/mol. The molecule has 100 valence electrons. The molecule has 0 N–H and O–H groups in total. The van der Waals surface area contributed by atoms with Crippen LogP contribution in [0.15, 0.2) is 36.4 Å². The molecule has 0 bridgehead atoms. The van der Waals surface area contributed by atoms with Crippen LogP contribution in [-0.2, 0) is 0 Å². The van der Waals surface area contributed by atoms with E-state index in [9.17, 15) is 14.5 Å². The van der Waals surface area contributed by atoms with E-state index in [-0.39, 0.29) is 22.7 Å². The Hall–Kier alpha value is -2.94. The Balaban J connectivity index is 2.38. The first-order chi connectivity index (χ1) is 9.52. The van der Waals surface area contributed by atoms with Crippen LogP contribution in [0.3, 0.4) is 0 Å². The number of nitro groups is 1. The van der Waals surface area contributed by atoms with Crippen molar-refractivity contribution in [1.29, 1.82) is 5.26 Å². The van der Waals surface area contributed by atoms with E-state index in [1.165, 1.54) is 37.3 Å². The number of hydrogen-bond acceptors (Lipinski definition) is 4. The average molecular weight is 272 g/mol. The smallest absolute Gasteiger partial charge is 0.276 e. The molecule has 0 aliphatic heterocycles. The van der Waals surface area contributed by atoms with Crippen LogP contribution in [0.1, 0.15) is 11.1 Å².